The first kappa shape index (κ1) is 18.4. The molecule has 1 unspecified atom stereocenters. The van der Waals surface area contributed by atoms with Crippen LogP contribution in [0.3, 0.4) is 0 Å². The van der Waals surface area contributed by atoms with Gasteiger partial charge < -0.3 is 9.80 Å². The van der Waals surface area contributed by atoms with Gasteiger partial charge in [-0.05, 0) is 62.8 Å². The molecule has 144 valence electrons. The predicted molar refractivity (Wildman–Crippen MR) is 108 cm³/mol. The summed E-state index contributed by atoms with van der Waals surface area (Å²) < 4.78 is 1.94. The van der Waals surface area contributed by atoms with Crippen molar-refractivity contribution >= 4 is 23.2 Å². The Hall–Kier alpha value is -2.01. The van der Waals surface area contributed by atoms with E-state index in [1.54, 1.807) is 6.20 Å². The van der Waals surface area contributed by atoms with Gasteiger partial charge in [0.15, 0.2) is 0 Å². The molecule has 0 aliphatic carbocycles. The molecule has 6 heteroatoms. The number of aryl methyl sites for hydroxylation is 1. The second-order valence-electron chi connectivity index (χ2n) is 7.57. The molecule has 4 rings (SSSR count). The Morgan fingerprint density at radius 1 is 1.15 bits per heavy atom. The number of hydrogen-bond donors (Lipinski definition) is 0. The van der Waals surface area contributed by atoms with Gasteiger partial charge in [-0.1, -0.05) is 11.6 Å². The van der Waals surface area contributed by atoms with E-state index in [9.17, 15) is 4.79 Å². The van der Waals surface area contributed by atoms with Gasteiger partial charge in [0, 0.05) is 50.2 Å². The van der Waals surface area contributed by atoms with Gasteiger partial charge in [-0.2, -0.15) is 5.10 Å². The van der Waals surface area contributed by atoms with E-state index in [-0.39, 0.29) is 11.9 Å². The fourth-order valence-electron chi connectivity index (χ4n) is 4.30. The fourth-order valence-corrected chi connectivity index (χ4v) is 4.60. The second kappa shape index (κ2) is 8.34. The van der Waals surface area contributed by atoms with E-state index in [1.807, 2.05) is 40.0 Å². The Morgan fingerprint density at radius 2 is 1.96 bits per heavy atom. The number of carbonyl (C=O) groups is 1. The highest BCUT2D eigenvalue weighted by atomic mass is 35.5. The molecule has 2 saturated heterocycles. The van der Waals surface area contributed by atoms with Crippen LogP contribution in [0.15, 0.2) is 36.7 Å². The number of anilines is 1. The first-order valence-corrected chi connectivity index (χ1v) is 10.4. The van der Waals surface area contributed by atoms with Crippen LogP contribution in [-0.4, -0.2) is 46.3 Å². The number of aromatic nitrogens is 2. The standard InChI is InChI=1S/C21H27ClN4O/c22-19-16-17(7-8-20(19)24-11-3-4-12-24)21(27)26-14-2-1-6-18(26)9-15-25-13-5-10-23-25/h5,7-8,10,13,16,18H,1-4,6,9,11-12,14-15H2. The zero-order valence-electron chi connectivity index (χ0n) is 15.7. The van der Waals surface area contributed by atoms with Gasteiger partial charge in [-0.25, -0.2) is 0 Å². The van der Waals surface area contributed by atoms with E-state index >= 15 is 0 Å². The van der Waals surface area contributed by atoms with Crippen molar-refractivity contribution in [2.24, 2.45) is 0 Å². The summed E-state index contributed by atoms with van der Waals surface area (Å²) in [5, 5.41) is 4.97. The number of benzene rings is 1. The molecule has 2 aromatic rings. The lowest BCUT2D eigenvalue weighted by molar-refractivity contribution is 0.0594. The van der Waals surface area contributed by atoms with Crippen molar-refractivity contribution in [3.8, 4) is 0 Å². The molecule has 2 fully saturated rings. The Balaban J connectivity index is 1.46. The molecule has 0 spiro atoms. The van der Waals surface area contributed by atoms with Crippen LogP contribution in [0.4, 0.5) is 5.69 Å². The average Bonchev–Trinajstić information content (AvgIpc) is 3.40. The minimum atomic E-state index is 0.107. The maximum Gasteiger partial charge on any atom is 0.254 e. The van der Waals surface area contributed by atoms with Gasteiger partial charge in [0.1, 0.15) is 0 Å². The number of likely N-dealkylation sites (tertiary alicyclic amines) is 1. The third-order valence-electron chi connectivity index (χ3n) is 5.78. The van der Waals surface area contributed by atoms with Crippen LogP contribution in [-0.2, 0) is 6.54 Å². The van der Waals surface area contributed by atoms with Crippen LogP contribution in [0.2, 0.25) is 5.02 Å². The van der Waals surface area contributed by atoms with E-state index in [2.05, 4.69) is 10.00 Å². The lowest BCUT2D eigenvalue weighted by Crippen LogP contribution is -2.44. The zero-order valence-corrected chi connectivity index (χ0v) is 16.4. The van der Waals surface area contributed by atoms with E-state index in [1.165, 1.54) is 19.3 Å². The molecule has 1 amide bonds. The largest absolute Gasteiger partial charge is 0.370 e. The number of carbonyl (C=O) groups excluding carboxylic acids is 1. The van der Waals surface area contributed by atoms with Crippen LogP contribution in [0, 0.1) is 0 Å². The maximum absolute atomic E-state index is 13.2. The third kappa shape index (κ3) is 4.13. The van der Waals surface area contributed by atoms with E-state index < -0.39 is 0 Å². The first-order valence-electron chi connectivity index (χ1n) is 10.1. The highest BCUT2D eigenvalue weighted by Gasteiger charge is 2.28. The number of nitrogens with zero attached hydrogens (tertiary/aromatic N) is 4. The number of rotatable bonds is 5. The number of hydrogen-bond acceptors (Lipinski definition) is 3. The van der Waals surface area contributed by atoms with Gasteiger partial charge in [0.2, 0.25) is 0 Å². The Morgan fingerprint density at radius 3 is 2.70 bits per heavy atom. The Labute approximate surface area is 165 Å². The summed E-state index contributed by atoms with van der Waals surface area (Å²) in [5.74, 6) is 0.107. The van der Waals surface area contributed by atoms with Gasteiger partial charge in [0.25, 0.3) is 5.91 Å². The molecule has 2 aliphatic rings. The summed E-state index contributed by atoms with van der Waals surface area (Å²) in [5.41, 5.74) is 1.76. The monoisotopic (exact) mass is 386 g/mol. The normalized spacial score (nSPS) is 20.3. The highest BCUT2D eigenvalue weighted by molar-refractivity contribution is 6.33. The lowest BCUT2D eigenvalue weighted by Gasteiger charge is -2.36. The van der Waals surface area contributed by atoms with Crippen LogP contribution in [0.1, 0.15) is 48.9 Å². The topological polar surface area (TPSA) is 41.4 Å². The van der Waals surface area contributed by atoms with Crippen LogP contribution < -0.4 is 4.90 Å². The molecule has 3 heterocycles. The maximum atomic E-state index is 13.2. The highest BCUT2D eigenvalue weighted by Crippen LogP contribution is 2.31. The van der Waals surface area contributed by atoms with Crippen molar-refractivity contribution in [3.05, 3.63) is 47.2 Å². The summed E-state index contributed by atoms with van der Waals surface area (Å²) in [6, 6.07) is 8.03. The molecule has 0 saturated carbocycles. The molecule has 5 nitrogen and oxygen atoms in total. The molecule has 27 heavy (non-hydrogen) atoms. The fraction of sp³-hybridized carbons (Fsp3) is 0.524. The van der Waals surface area contributed by atoms with Crippen molar-refractivity contribution in [2.45, 2.75) is 51.1 Å². The summed E-state index contributed by atoms with van der Waals surface area (Å²) in [4.78, 5) is 17.5. The summed E-state index contributed by atoms with van der Waals surface area (Å²) in [6.07, 6.45) is 10.5. The minimum absolute atomic E-state index is 0.107. The van der Waals surface area contributed by atoms with E-state index in [4.69, 9.17) is 11.6 Å². The van der Waals surface area contributed by atoms with Crippen molar-refractivity contribution in [1.82, 2.24) is 14.7 Å². The van der Waals surface area contributed by atoms with Crippen molar-refractivity contribution in [3.63, 3.8) is 0 Å². The number of piperidine rings is 1. The molecule has 0 N–H and O–H groups in total. The summed E-state index contributed by atoms with van der Waals surface area (Å²) >= 11 is 6.53. The van der Waals surface area contributed by atoms with Gasteiger partial charge in [-0.3, -0.25) is 9.48 Å². The smallest absolute Gasteiger partial charge is 0.254 e. The molecular weight excluding hydrogens is 360 g/mol. The molecule has 1 atom stereocenters. The molecule has 1 aromatic carbocycles. The van der Waals surface area contributed by atoms with Crippen LogP contribution in [0.5, 0.6) is 0 Å². The summed E-state index contributed by atoms with van der Waals surface area (Å²) in [7, 11) is 0. The first-order chi connectivity index (χ1) is 13.2. The second-order valence-corrected chi connectivity index (χ2v) is 7.97. The molecule has 0 bridgehead atoms. The Kier molecular flexibility index (Phi) is 5.67. The van der Waals surface area contributed by atoms with Crippen molar-refractivity contribution < 1.29 is 4.79 Å². The van der Waals surface area contributed by atoms with E-state index in [0.29, 0.717) is 10.6 Å². The van der Waals surface area contributed by atoms with Crippen molar-refractivity contribution in [1.29, 1.82) is 0 Å². The zero-order chi connectivity index (χ0) is 18.6. The van der Waals surface area contributed by atoms with Crippen LogP contribution >= 0.6 is 11.6 Å². The predicted octanol–water partition coefficient (Wildman–Crippen LogP) is 4.22. The van der Waals surface area contributed by atoms with E-state index in [0.717, 1.165) is 51.1 Å². The molecule has 2 aliphatic heterocycles. The quantitative estimate of drug-likeness (QED) is 0.772. The minimum Gasteiger partial charge on any atom is -0.370 e. The lowest BCUT2D eigenvalue weighted by atomic mass is 9.98. The molecule has 1 aromatic heterocycles. The number of amides is 1. The molecular formula is C21H27ClN4O. The average molecular weight is 387 g/mol. The third-order valence-corrected chi connectivity index (χ3v) is 6.08. The SMILES string of the molecule is O=C(c1ccc(N2CCCC2)c(Cl)c1)N1CCCCC1CCn1cccn1. The summed E-state index contributed by atoms with van der Waals surface area (Å²) in [6.45, 7) is 3.77. The van der Waals surface area contributed by atoms with Crippen molar-refractivity contribution in [2.75, 3.05) is 24.5 Å². The van der Waals surface area contributed by atoms with Gasteiger partial charge >= 0.3 is 0 Å². The van der Waals surface area contributed by atoms with Crippen LogP contribution in [0.25, 0.3) is 0 Å². The molecule has 0 radical (unpaired) electrons. The van der Waals surface area contributed by atoms with Gasteiger partial charge in [0.05, 0.1) is 10.7 Å². The van der Waals surface area contributed by atoms with Gasteiger partial charge in [-0.15, -0.1) is 0 Å². The number of halogens is 1. The Bertz CT molecular complexity index is 770.